The van der Waals surface area contributed by atoms with Crippen LogP contribution in [0, 0.1) is 5.82 Å². The van der Waals surface area contributed by atoms with E-state index in [1.165, 1.54) is 6.07 Å². The molecule has 1 aliphatic rings. The van der Waals surface area contributed by atoms with Crippen LogP contribution in [0.5, 0.6) is 0 Å². The van der Waals surface area contributed by atoms with Crippen LogP contribution in [0.25, 0.3) is 0 Å². The van der Waals surface area contributed by atoms with Crippen molar-refractivity contribution in [2.75, 3.05) is 19.8 Å². The lowest BCUT2D eigenvalue weighted by molar-refractivity contribution is -0.252. The molecule has 4 heteroatoms. The van der Waals surface area contributed by atoms with Gasteiger partial charge in [0.15, 0.2) is 5.79 Å². The van der Waals surface area contributed by atoms with Gasteiger partial charge in [0.05, 0.1) is 19.3 Å². The Labute approximate surface area is 107 Å². The molecule has 0 aromatic heterocycles. The molecule has 2 rings (SSSR count). The lowest BCUT2D eigenvalue weighted by Gasteiger charge is -2.35. The van der Waals surface area contributed by atoms with Gasteiger partial charge in [-0.05, 0) is 44.5 Å². The zero-order valence-electron chi connectivity index (χ0n) is 10.9. The smallest absolute Gasteiger partial charge is 0.162 e. The van der Waals surface area contributed by atoms with Crippen molar-refractivity contribution < 1.29 is 13.9 Å². The molecule has 1 aliphatic heterocycles. The molecule has 1 aromatic rings. The van der Waals surface area contributed by atoms with Gasteiger partial charge in [0.25, 0.3) is 0 Å². The monoisotopic (exact) mass is 253 g/mol. The normalized spacial score (nSPS) is 19.9. The molecule has 0 radical (unpaired) electrons. The Morgan fingerprint density at radius 3 is 2.72 bits per heavy atom. The molecule has 0 unspecified atom stereocenters. The largest absolute Gasteiger partial charge is 0.349 e. The highest BCUT2D eigenvalue weighted by Gasteiger charge is 2.27. The average molecular weight is 253 g/mol. The van der Waals surface area contributed by atoms with Crippen molar-refractivity contribution in [2.24, 2.45) is 0 Å². The molecule has 1 fully saturated rings. The predicted molar refractivity (Wildman–Crippen MR) is 67.9 cm³/mol. The van der Waals surface area contributed by atoms with Crippen LogP contribution >= 0.6 is 0 Å². The Morgan fingerprint density at radius 1 is 1.33 bits per heavy atom. The first-order chi connectivity index (χ1) is 8.55. The van der Waals surface area contributed by atoms with E-state index in [1.807, 2.05) is 19.9 Å². The molecular weight excluding hydrogens is 233 g/mol. The van der Waals surface area contributed by atoms with Gasteiger partial charge < -0.3 is 14.8 Å². The summed E-state index contributed by atoms with van der Waals surface area (Å²) in [5, 5.41) is 3.35. The van der Waals surface area contributed by atoms with E-state index in [0.717, 1.165) is 18.5 Å². The Hall–Kier alpha value is -0.970. The number of nitrogens with one attached hydrogen (secondary N) is 1. The van der Waals surface area contributed by atoms with Crippen molar-refractivity contribution in [1.29, 1.82) is 0 Å². The van der Waals surface area contributed by atoms with Crippen molar-refractivity contribution in [3.05, 3.63) is 35.6 Å². The maximum absolute atomic E-state index is 13.0. The summed E-state index contributed by atoms with van der Waals surface area (Å²) in [5.41, 5.74) is 1.00. The summed E-state index contributed by atoms with van der Waals surface area (Å²) in [4.78, 5) is 0. The van der Waals surface area contributed by atoms with E-state index in [2.05, 4.69) is 5.32 Å². The number of hydrogen-bond donors (Lipinski definition) is 1. The SMILES string of the molecule is CC1(C)OCC(NCCc2cccc(F)c2)CO1. The van der Waals surface area contributed by atoms with Gasteiger partial charge in [0.2, 0.25) is 0 Å². The van der Waals surface area contributed by atoms with E-state index in [1.54, 1.807) is 12.1 Å². The molecule has 1 N–H and O–H groups in total. The Balaban J connectivity index is 1.70. The first kappa shape index (κ1) is 13.5. The minimum Gasteiger partial charge on any atom is -0.349 e. The third-order valence-corrected chi connectivity index (χ3v) is 3.00. The molecule has 0 atom stereocenters. The topological polar surface area (TPSA) is 30.5 Å². The summed E-state index contributed by atoms with van der Waals surface area (Å²) < 4.78 is 24.1. The summed E-state index contributed by atoms with van der Waals surface area (Å²) in [6.45, 7) is 5.92. The van der Waals surface area contributed by atoms with Crippen LogP contribution in [0.15, 0.2) is 24.3 Å². The van der Waals surface area contributed by atoms with E-state index in [4.69, 9.17) is 9.47 Å². The second-order valence-corrected chi connectivity index (χ2v) is 5.05. The molecule has 1 aromatic carbocycles. The van der Waals surface area contributed by atoms with E-state index >= 15 is 0 Å². The van der Waals surface area contributed by atoms with Crippen LogP contribution < -0.4 is 5.32 Å². The average Bonchev–Trinajstić information content (AvgIpc) is 2.31. The van der Waals surface area contributed by atoms with Crippen LogP contribution in [0.1, 0.15) is 19.4 Å². The van der Waals surface area contributed by atoms with Gasteiger partial charge in [-0.15, -0.1) is 0 Å². The zero-order valence-corrected chi connectivity index (χ0v) is 10.9. The Morgan fingerprint density at radius 2 is 2.06 bits per heavy atom. The standard InChI is InChI=1S/C14H20FNO2/c1-14(2)17-9-13(10-18-14)16-7-6-11-4-3-5-12(15)8-11/h3-5,8,13,16H,6-7,9-10H2,1-2H3. The summed E-state index contributed by atoms with van der Waals surface area (Å²) >= 11 is 0. The van der Waals surface area contributed by atoms with Crippen LogP contribution in [-0.4, -0.2) is 31.6 Å². The lowest BCUT2D eigenvalue weighted by atomic mass is 10.1. The third-order valence-electron chi connectivity index (χ3n) is 3.00. The van der Waals surface area contributed by atoms with E-state index in [-0.39, 0.29) is 11.9 Å². The van der Waals surface area contributed by atoms with Gasteiger partial charge in [0, 0.05) is 0 Å². The molecular formula is C14H20FNO2. The number of ether oxygens (including phenoxy) is 2. The van der Waals surface area contributed by atoms with Crippen molar-refractivity contribution >= 4 is 0 Å². The van der Waals surface area contributed by atoms with E-state index < -0.39 is 5.79 Å². The molecule has 0 amide bonds. The number of halogens is 1. The molecule has 0 aliphatic carbocycles. The summed E-state index contributed by atoms with van der Waals surface area (Å²) in [7, 11) is 0. The van der Waals surface area contributed by atoms with Crippen molar-refractivity contribution in [1.82, 2.24) is 5.32 Å². The zero-order chi connectivity index (χ0) is 13.0. The van der Waals surface area contributed by atoms with E-state index in [9.17, 15) is 4.39 Å². The highest BCUT2D eigenvalue weighted by atomic mass is 19.1. The minimum atomic E-state index is -0.471. The Kier molecular flexibility index (Phi) is 4.32. The van der Waals surface area contributed by atoms with Crippen LogP contribution in [0.3, 0.4) is 0 Å². The fourth-order valence-corrected chi connectivity index (χ4v) is 1.92. The van der Waals surface area contributed by atoms with Gasteiger partial charge in [0.1, 0.15) is 5.82 Å². The van der Waals surface area contributed by atoms with Gasteiger partial charge in [-0.25, -0.2) is 4.39 Å². The lowest BCUT2D eigenvalue weighted by Crippen LogP contribution is -2.48. The van der Waals surface area contributed by atoms with Crippen LogP contribution in [0.4, 0.5) is 4.39 Å². The highest BCUT2D eigenvalue weighted by Crippen LogP contribution is 2.16. The first-order valence-electron chi connectivity index (χ1n) is 6.31. The summed E-state index contributed by atoms with van der Waals surface area (Å²) in [6.07, 6.45) is 0.803. The first-order valence-corrected chi connectivity index (χ1v) is 6.31. The molecule has 1 heterocycles. The van der Waals surface area contributed by atoms with Crippen molar-refractivity contribution in [3.8, 4) is 0 Å². The van der Waals surface area contributed by atoms with Gasteiger partial charge >= 0.3 is 0 Å². The summed E-state index contributed by atoms with van der Waals surface area (Å²) in [5.74, 6) is -0.653. The second kappa shape index (κ2) is 5.78. The quantitative estimate of drug-likeness (QED) is 0.891. The molecule has 0 spiro atoms. The molecule has 18 heavy (non-hydrogen) atoms. The van der Waals surface area contributed by atoms with Crippen LogP contribution in [-0.2, 0) is 15.9 Å². The van der Waals surface area contributed by atoms with E-state index in [0.29, 0.717) is 13.2 Å². The van der Waals surface area contributed by atoms with Gasteiger partial charge in [-0.3, -0.25) is 0 Å². The maximum atomic E-state index is 13.0. The molecule has 3 nitrogen and oxygen atoms in total. The van der Waals surface area contributed by atoms with Crippen LogP contribution in [0.2, 0.25) is 0 Å². The second-order valence-electron chi connectivity index (χ2n) is 5.05. The highest BCUT2D eigenvalue weighted by molar-refractivity contribution is 5.16. The Bertz CT molecular complexity index is 385. The molecule has 0 saturated carbocycles. The fraction of sp³-hybridized carbons (Fsp3) is 0.571. The maximum Gasteiger partial charge on any atom is 0.162 e. The number of rotatable bonds is 4. The van der Waals surface area contributed by atoms with Crippen molar-refractivity contribution in [2.45, 2.75) is 32.1 Å². The molecule has 1 saturated heterocycles. The third kappa shape index (κ3) is 4.05. The predicted octanol–water partition coefficient (Wildman–Crippen LogP) is 2.11. The number of hydrogen-bond acceptors (Lipinski definition) is 3. The molecule has 100 valence electrons. The molecule has 0 bridgehead atoms. The van der Waals surface area contributed by atoms with Gasteiger partial charge in [-0.2, -0.15) is 0 Å². The summed E-state index contributed by atoms with van der Waals surface area (Å²) in [6, 6.07) is 6.91. The van der Waals surface area contributed by atoms with Gasteiger partial charge in [-0.1, -0.05) is 12.1 Å². The minimum absolute atomic E-state index is 0.182. The number of benzene rings is 1. The fourth-order valence-electron chi connectivity index (χ4n) is 1.92. The van der Waals surface area contributed by atoms with Crippen molar-refractivity contribution in [3.63, 3.8) is 0 Å².